The number of benzene rings is 1. The monoisotopic (exact) mass is 345 g/mol. The molecule has 0 heterocycles. The average molecular weight is 345 g/mol. The summed E-state index contributed by atoms with van der Waals surface area (Å²) in [6.45, 7) is 0.303. The lowest BCUT2D eigenvalue weighted by molar-refractivity contribution is 0.101. The van der Waals surface area contributed by atoms with Crippen LogP contribution in [0.1, 0.15) is 18.4 Å². The summed E-state index contributed by atoms with van der Waals surface area (Å²) in [4.78, 5) is 5.06. The van der Waals surface area contributed by atoms with Gasteiger partial charge in [-0.3, -0.25) is 4.57 Å². The van der Waals surface area contributed by atoms with Crippen molar-refractivity contribution < 1.29 is 28.7 Å². The molecule has 0 radical (unpaired) electrons. The van der Waals surface area contributed by atoms with E-state index in [1.807, 2.05) is 30.3 Å². The van der Waals surface area contributed by atoms with E-state index in [9.17, 15) is 14.8 Å². The highest BCUT2D eigenvalue weighted by atomic mass is 31.2. The zero-order chi connectivity index (χ0) is 17.1. The zero-order valence-corrected chi connectivity index (χ0v) is 14.3. The third-order valence-electron chi connectivity index (χ3n) is 3.19. The molecule has 0 spiro atoms. The zero-order valence-electron chi connectivity index (χ0n) is 13.4. The van der Waals surface area contributed by atoms with Crippen molar-refractivity contribution in [3.05, 3.63) is 35.9 Å². The molecular formula is C15H24NO6P. The van der Waals surface area contributed by atoms with E-state index in [-0.39, 0.29) is 19.0 Å². The van der Waals surface area contributed by atoms with Gasteiger partial charge in [-0.05, 0) is 12.0 Å². The van der Waals surface area contributed by atoms with Crippen molar-refractivity contribution in [3.8, 4) is 0 Å². The summed E-state index contributed by atoms with van der Waals surface area (Å²) in [6.07, 6.45) is -0.247. The Bertz CT molecular complexity index is 502. The van der Waals surface area contributed by atoms with Gasteiger partial charge in [-0.2, -0.15) is 0 Å². The van der Waals surface area contributed by atoms with Gasteiger partial charge >= 0.3 is 7.60 Å². The third kappa shape index (κ3) is 8.25. The fourth-order valence-electron chi connectivity index (χ4n) is 1.82. The van der Waals surface area contributed by atoms with Gasteiger partial charge in [0.05, 0.1) is 24.6 Å². The number of hydrogen-bond donors (Lipinski definition) is 2. The Hall–Kier alpha value is -1.24. The van der Waals surface area contributed by atoms with E-state index >= 15 is 0 Å². The number of rotatable bonds is 11. The Morgan fingerprint density at radius 3 is 2.48 bits per heavy atom. The number of aliphatic hydroxyl groups excluding tert-OH is 2. The molecule has 1 aromatic rings. The SMILES string of the molecule is COP(=O)(CC[C@H](O)C[C@@H](O)C=NOCc1ccccc1)OC. The quantitative estimate of drug-likeness (QED) is 0.362. The highest BCUT2D eigenvalue weighted by molar-refractivity contribution is 7.53. The minimum atomic E-state index is -3.14. The van der Waals surface area contributed by atoms with E-state index in [0.717, 1.165) is 5.56 Å². The molecule has 1 rings (SSSR count). The summed E-state index contributed by atoms with van der Waals surface area (Å²) in [7, 11) is -0.551. The molecule has 0 unspecified atom stereocenters. The van der Waals surface area contributed by atoms with Crippen LogP contribution in [-0.2, 0) is 25.1 Å². The topological polar surface area (TPSA) is 97.6 Å². The maximum absolute atomic E-state index is 11.8. The maximum Gasteiger partial charge on any atom is 0.330 e. The molecule has 0 aliphatic carbocycles. The minimum absolute atomic E-state index is 0.0611. The molecule has 23 heavy (non-hydrogen) atoms. The van der Waals surface area contributed by atoms with Crippen molar-refractivity contribution in [3.63, 3.8) is 0 Å². The highest BCUT2D eigenvalue weighted by Crippen LogP contribution is 2.47. The number of aliphatic hydroxyl groups is 2. The summed E-state index contributed by atoms with van der Waals surface area (Å²) in [5.41, 5.74) is 0.967. The maximum atomic E-state index is 11.8. The van der Waals surface area contributed by atoms with Gasteiger partial charge in [0.25, 0.3) is 0 Å². The second kappa shape index (κ2) is 10.5. The molecule has 1 aromatic carbocycles. The number of nitrogens with zero attached hydrogens (tertiary/aromatic N) is 1. The van der Waals surface area contributed by atoms with Crippen LogP contribution in [0.3, 0.4) is 0 Å². The molecule has 0 amide bonds. The van der Waals surface area contributed by atoms with Crippen molar-refractivity contribution in [1.82, 2.24) is 0 Å². The molecule has 130 valence electrons. The van der Waals surface area contributed by atoms with E-state index in [1.165, 1.54) is 20.4 Å². The van der Waals surface area contributed by atoms with E-state index in [0.29, 0.717) is 6.61 Å². The second-order valence-electron chi connectivity index (χ2n) is 4.96. The van der Waals surface area contributed by atoms with Crippen LogP contribution in [0.5, 0.6) is 0 Å². The summed E-state index contributed by atoms with van der Waals surface area (Å²) in [5, 5.41) is 23.2. The van der Waals surface area contributed by atoms with Crippen LogP contribution in [-0.4, -0.2) is 49.0 Å². The van der Waals surface area contributed by atoms with Crippen molar-refractivity contribution in [2.24, 2.45) is 5.16 Å². The second-order valence-corrected chi connectivity index (χ2v) is 7.36. The first kappa shape index (κ1) is 19.8. The Morgan fingerprint density at radius 2 is 1.87 bits per heavy atom. The molecule has 0 saturated heterocycles. The summed E-state index contributed by atoms with van der Waals surface area (Å²) >= 11 is 0. The van der Waals surface area contributed by atoms with Crippen LogP contribution in [0.15, 0.2) is 35.5 Å². The van der Waals surface area contributed by atoms with Gasteiger partial charge in [0.2, 0.25) is 0 Å². The molecular weight excluding hydrogens is 321 g/mol. The third-order valence-corrected chi connectivity index (χ3v) is 5.11. The first-order valence-corrected chi connectivity index (χ1v) is 8.98. The molecule has 0 aliphatic rings. The molecule has 2 N–H and O–H groups in total. The first-order chi connectivity index (χ1) is 11.0. The average Bonchev–Trinajstić information content (AvgIpc) is 2.57. The number of oxime groups is 1. The van der Waals surface area contributed by atoms with Crippen LogP contribution < -0.4 is 0 Å². The van der Waals surface area contributed by atoms with Crippen LogP contribution in [0.2, 0.25) is 0 Å². The van der Waals surface area contributed by atoms with Crippen LogP contribution in [0.25, 0.3) is 0 Å². The van der Waals surface area contributed by atoms with Crippen LogP contribution in [0.4, 0.5) is 0 Å². The molecule has 0 fully saturated rings. The molecule has 0 bridgehead atoms. The van der Waals surface area contributed by atoms with E-state index < -0.39 is 19.8 Å². The van der Waals surface area contributed by atoms with Gasteiger partial charge in [0, 0.05) is 20.6 Å². The van der Waals surface area contributed by atoms with Gasteiger partial charge in [0.1, 0.15) is 6.61 Å². The lowest BCUT2D eigenvalue weighted by Gasteiger charge is -2.16. The first-order valence-electron chi connectivity index (χ1n) is 7.25. The van der Waals surface area contributed by atoms with E-state index in [2.05, 4.69) is 5.16 Å². The van der Waals surface area contributed by atoms with Gasteiger partial charge in [-0.1, -0.05) is 35.5 Å². The van der Waals surface area contributed by atoms with Gasteiger partial charge < -0.3 is 24.1 Å². The normalized spacial score (nSPS) is 14.8. The van der Waals surface area contributed by atoms with E-state index in [4.69, 9.17) is 13.9 Å². The fourth-order valence-corrected chi connectivity index (χ4v) is 2.95. The van der Waals surface area contributed by atoms with Crippen molar-refractivity contribution in [1.29, 1.82) is 0 Å². The molecule has 0 aliphatic heterocycles. The molecule has 7 nitrogen and oxygen atoms in total. The largest absolute Gasteiger partial charge is 0.393 e. The fraction of sp³-hybridized carbons (Fsp3) is 0.533. The smallest absolute Gasteiger partial charge is 0.330 e. The predicted octanol–water partition coefficient (Wildman–Crippen LogP) is 2.18. The Morgan fingerprint density at radius 1 is 1.22 bits per heavy atom. The Kier molecular flexibility index (Phi) is 9.06. The van der Waals surface area contributed by atoms with Crippen molar-refractivity contribution in [2.45, 2.75) is 31.7 Å². The summed E-state index contributed by atoms with van der Waals surface area (Å²) in [6, 6.07) is 9.50. The molecule has 0 aromatic heterocycles. The van der Waals surface area contributed by atoms with Crippen molar-refractivity contribution >= 4 is 13.8 Å². The standard InChI is InChI=1S/C15H24NO6P/c1-20-23(19,21-2)9-8-14(17)10-15(18)11-16-22-12-13-6-4-3-5-7-13/h3-7,11,14-15,17-18H,8-10,12H2,1-2H3/t14-,15+/m0/s1. The van der Waals surface area contributed by atoms with Crippen LogP contribution in [0, 0.1) is 0 Å². The molecule has 8 heteroatoms. The Balaban J connectivity index is 2.25. The van der Waals surface area contributed by atoms with Crippen molar-refractivity contribution in [2.75, 3.05) is 20.4 Å². The summed E-state index contributed by atoms with van der Waals surface area (Å²) < 4.78 is 21.4. The number of hydrogen-bond acceptors (Lipinski definition) is 7. The highest BCUT2D eigenvalue weighted by Gasteiger charge is 2.23. The van der Waals surface area contributed by atoms with Gasteiger partial charge in [-0.25, -0.2) is 0 Å². The minimum Gasteiger partial charge on any atom is -0.393 e. The Labute approximate surface area is 136 Å². The van der Waals surface area contributed by atoms with Gasteiger partial charge in [-0.15, -0.1) is 0 Å². The van der Waals surface area contributed by atoms with Gasteiger partial charge in [0.15, 0.2) is 0 Å². The predicted molar refractivity (Wildman–Crippen MR) is 87.5 cm³/mol. The van der Waals surface area contributed by atoms with Crippen LogP contribution >= 0.6 is 7.60 Å². The summed E-state index contributed by atoms with van der Waals surface area (Å²) in [5.74, 6) is 0. The molecule has 2 atom stereocenters. The lowest BCUT2D eigenvalue weighted by Crippen LogP contribution is -2.20. The lowest BCUT2D eigenvalue weighted by atomic mass is 10.1. The van der Waals surface area contributed by atoms with E-state index in [1.54, 1.807) is 0 Å². The molecule has 0 saturated carbocycles.